The smallest absolute Gasteiger partial charge is 0.256 e. The van der Waals surface area contributed by atoms with Crippen molar-refractivity contribution in [1.29, 1.82) is 0 Å². The molecule has 0 unspecified atom stereocenters. The number of rotatable bonds is 6. The van der Waals surface area contributed by atoms with Gasteiger partial charge in [-0.2, -0.15) is 0 Å². The highest BCUT2D eigenvalue weighted by molar-refractivity contribution is 6.06. The van der Waals surface area contributed by atoms with Crippen molar-refractivity contribution in [2.24, 2.45) is 0 Å². The van der Waals surface area contributed by atoms with Gasteiger partial charge in [-0.15, -0.1) is 0 Å². The molecule has 0 fully saturated rings. The number of hydrogen-bond donors (Lipinski definition) is 2. The molecule has 0 saturated carbocycles. The van der Waals surface area contributed by atoms with Crippen LogP contribution >= 0.6 is 0 Å². The first-order valence-electron chi connectivity index (χ1n) is 8.68. The number of anilines is 2. The van der Waals surface area contributed by atoms with E-state index in [1.165, 1.54) is 0 Å². The van der Waals surface area contributed by atoms with E-state index < -0.39 is 0 Å². The van der Waals surface area contributed by atoms with Gasteiger partial charge in [-0.3, -0.25) is 4.79 Å². The monoisotopic (exact) mass is 339 g/mol. The van der Waals surface area contributed by atoms with Gasteiger partial charge in [0.1, 0.15) is 12.4 Å². The molecular formula is C20H25N3O2. The van der Waals surface area contributed by atoms with Gasteiger partial charge in [0, 0.05) is 30.0 Å². The van der Waals surface area contributed by atoms with Crippen molar-refractivity contribution in [3.63, 3.8) is 0 Å². The predicted molar refractivity (Wildman–Crippen MR) is 102 cm³/mol. The fourth-order valence-corrected chi connectivity index (χ4v) is 2.90. The van der Waals surface area contributed by atoms with Gasteiger partial charge in [-0.25, -0.2) is 0 Å². The zero-order valence-electron chi connectivity index (χ0n) is 14.8. The molecule has 1 aliphatic heterocycles. The van der Waals surface area contributed by atoms with E-state index in [4.69, 9.17) is 4.74 Å². The highest BCUT2D eigenvalue weighted by atomic mass is 16.5. The van der Waals surface area contributed by atoms with Crippen molar-refractivity contribution in [2.45, 2.75) is 12.8 Å². The molecule has 1 aliphatic rings. The molecule has 0 bridgehead atoms. The summed E-state index contributed by atoms with van der Waals surface area (Å²) in [7, 11) is 4.03. The Morgan fingerprint density at radius 3 is 2.76 bits per heavy atom. The first-order valence-corrected chi connectivity index (χ1v) is 8.68. The molecule has 5 nitrogen and oxygen atoms in total. The second-order valence-corrected chi connectivity index (χ2v) is 6.49. The van der Waals surface area contributed by atoms with Gasteiger partial charge in [0.25, 0.3) is 5.91 Å². The Morgan fingerprint density at radius 1 is 1.20 bits per heavy atom. The minimum Gasteiger partial charge on any atom is -0.492 e. The summed E-state index contributed by atoms with van der Waals surface area (Å²) in [5.74, 6) is 0.739. The number of carbonyl (C=O) groups excluding carboxylic acids is 1. The molecule has 0 atom stereocenters. The number of benzene rings is 2. The van der Waals surface area contributed by atoms with E-state index >= 15 is 0 Å². The third-order valence-electron chi connectivity index (χ3n) is 4.26. The van der Waals surface area contributed by atoms with Crippen LogP contribution in [0.5, 0.6) is 5.75 Å². The van der Waals surface area contributed by atoms with Crippen LogP contribution in [0.4, 0.5) is 11.4 Å². The van der Waals surface area contributed by atoms with E-state index in [9.17, 15) is 4.79 Å². The average Bonchev–Trinajstić information content (AvgIpc) is 2.62. The fraction of sp³-hybridized carbons (Fsp3) is 0.350. The molecule has 0 saturated heterocycles. The van der Waals surface area contributed by atoms with Gasteiger partial charge in [0.2, 0.25) is 0 Å². The first kappa shape index (κ1) is 17.3. The van der Waals surface area contributed by atoms with Crippen LogP contribution in [0.1, 0.15) is 22.3 Å². The van der Waals surface area contributed by atoms with E-state index in [0.717, 1.165) is 54.2 Å². The summed E-state index contributed by atoms with van der Waals surface area (Å²) in [6.45, 7) is 2.47. The summed E-state index contributed by atoms with van der Waals surface area (Å²) in [6, 6.07) is 13.4. The molecule has 2 aromatic carbocycles. The Bertz CT molecular complexity index is 726. The van der Waals surface area contributed by atoms with Crippen molar-refractivity contribution in [2.75, 3.05) is 44.4 Å². The number of carbonyl (C=O) groups is 1. The fourth-order valence-electron chi connectivity index (χ4n) is 2.90. The van der Waals surface area contributed by atoms with Crippen molar-refractivity contribution in [3.8, 4) is 5.75 Å². The van der Waals surface area contributed by atoms with E-state index in [0.29, 0.717) is 6.61 Å². The number of hydrogen-bond acceptors (Lipinski definition) is 4. The molecule has 0 spiro atoms. The highest BCUT2D eigenvalue weighted by Gasteiger charge is 2.17. The molecule has 0 aliphatic carbocycles. The Kier molecular flexibility index (Phi) is 5.56. The molecule has 132 valence electrons. The molecule has 25 heavy (non-hydrogen) atoms. The van der Waals surface area contributed by atoms with Crippen LogP contribution in [-0.4, -0.2) is 44.6 Å². The lowest BCUT2D eigenvalue weighted by atomic mass is 9.97. The van der Waals surface area contributed by atoms with Crippen molar-refractivity contribution in [3.05, 3.63) is 53.6 Å². The number of amides is 1. The topological polar surface area (TPSA) is 53.6 Å². The van der Waals surface area contributed by atoms with Crippen LogP contribution in [-0.2, 0) is 6.42 Å². The maximum Gasteiger partial charge on any atom is 0.256 e. The van der Waals surface area contributed by atoms with Gasteiger partial charge in [-0.05, 0) is 68.9 Å². The highest BCUT2D eigenvalue weighted by Crippen LogP contribution is 2.26. The van der Waals surface area contributed by atoms with Gasteiger partial charge in [-0.1, -0.05) is 6.07 Å². The number of fused-ring (bicyclic) bond motifs is 1. The molecule has 0 aromatic heterocycles. The zero-order valence-corrected chi connectivity index (χ0v) is 14.8. The number of likely N-dealkylation sites (N-methyl/N-ethyl adjacent to an activating group) is 1. The van der Waals surface area contributed by atoms with Crippen molar-refractivity contribution in [1.82, 2.24) is 4.90 Å². The maximum atomic E-state index is 12.6. The minimum absolute atomic E-state index is 0.0678. The molecule has 1 amide bonds. The van der Waals surface area contributed by atoms with Crippen LogP contribution in [0.2, 0.25) is 0 Å². The third kappa shape index (κ3) is 4.51. The summed E-state index contributed by atoms with van der Waals surface area (Å²) in [5, 5.41) is 6.34. The second-order valence-electron chi connectivity index (χ2n) is 6.49. The predicted octanol–water partition coefficient (Wildman–Crippen LogP) is 3.24. The van der Waals surface area contributed by atoms with Crippen LogP contribution in [0.25, 0.3) is 0 Å². The van der Waals surface area contributed by atoms with Gasteiger partial charge < -0.3 is 20.3 Å². The lowest BCUT2D eigenvalue weighted by Gasteiger charge is -2.20. The molecule has 2 aromatic rings. The normalized spacial score (nSPS) is 13.1. The summed E-state index contributed by atoms with van der Waals surface area (Å²) >= 11 is 0. The quantitative estimate of drug-likeness (QED) is 0.848. The average molecular weight is 339 g/mol. The Morgan fingerprint density at radius 2 is 2.00 bits per heavy atom. The molecule has 2 N–H and O–H groups in total. The van der Waals surface area contributed by atoms with Crippen LogP contribution in [0.15, 0.2) is 42.5 Å². The molecule has 0 radical (unpaired) electrons. The maximum absolute atomic E-state index is 12.6. The summed E-state index contributed by atoms with van der Waals surface area (Å²) in [4.78, 5) is 14.7. The van der Waals surface area contributed by atoms with Crippen LogP contribution in [0.3, 0.4) is 0 Å². The van der Waals surface area contributed by atoms with Crippen molar-refractivity contribution < 1.29 is 9.53 Å². The number of nitrogens with one attached hydrogen (secondary N) is 2. The lowest BCUT2D eigenvalue weighted by molar-refractivity contribution is 0.102. The van der Waals surface area contributed by atoms with Crippen molar-refractivity contribution >= 4 is 17.3 Å². The van der Waals surface area contributed by atoms with Gasteiger partial charge >= 0.3 is 0 Å². The summed E-state index contributed by atoms with van der Waals surface area (Å²) in [6.07, 6.45) is 1.99. The Balaban J connectivity index is 1.63. The molecule has 3 rings (SSSR count). The summed E-state index contributed by atoms with van der Waals surface area (Å²) in [5.41, 5.74) is 3.70. The number of nitrogens with zero attached hydrogens (tertiary/aromatic N) is 1. The Hall–Kier alpha value is -2.53. The molecule has 5 heteroatoms. The van der Waals surface area contributed by atoms with E-state index in [2.05, 4.69) is 15.5 Å². The summed E-state index contributed by atoms with van der Waals surface area (Å²) < 4.78 is 5.67. The zero-order chi connectivity index (χ0) is 17.6. The Labute approximate surface area is 149 Å². The molecule has 1 heterocycles. The van der Waals surface area contributed by atoms with Crippen LogP contribution in [0, 0.1) is 0 Å². The first-order chi connectivity index (χ1) is 12.1. The second kappa shape index (κ2) is 8.03. The van der Waals surface area contributed by atoms with Crippen LogP contribution < -0.4 is 15.4 Å². The van der Waals surface area contributed by atoms with Gasteiger partial charge in [0.15, 0.2) is 0 Å². The molecular weight excluding hydrogens is 314 g/mol. The van der Waals surface area contributed by atoms with Gasteiger partial charge in [0.05, 0.1) is 0 Å². The van der Waals surface area contributed by atoms with E-state index in [-0.39, 0.29) is 5.91 Å². The third-order valence-corrected chi connectivity index (χ3v) is 4.26. The van der Waals surface area contributed by atoms with E-state index in [1.54, 1.807) is 0 Å². The largest absolute Gasteiger partial charge is 0.492 e. The minimum atomic E-state index is -0.0678. The van der Waals surface area contributed by atoms with E-state index in [1.807, 2.05) is 56.6 Å². The number of ether oxygens (including phenoxy) is 1. The standard InChI is InChI=1S/C20H25N3O2/c1-23(2)13-14-25-16-10-8-15(9-11-16)22-20(24)18-5-3-7-19-17(18)6-4-12-21-19/h3,5,7-11,21H,4,6,12-14H2,1-2H3,(H,22,24). The lowest BCUT2D eigenvalue weighted by Crippen LogP contribution is -2.19. The SMILES string of the molecule is CN(C)CCOc1ccc(NC(=O)c2cccc3c2CCCN3)cc1.